The highest BCUT2D eigenvalue weighted by Crippen LogP contribution is 2.38. The highest BCUT2D eigenvalue weighted by atomic mass is 31.2. The second kappa shape index (κ2) is 6.34. The molecule has 0 amide bonds. The van der Waals surface area contributed by atoms with E-state index in [4.69, 9.17) is 4.84 Å². The SMILES string of the molecule is O=C=Nc1ccc(ON2PNPNP2)cc1. The number of isocyanates is 1. The summed E-state index contributed by atoms with van der Waals surface area (Å²) in [5.74, 6) is 0.721. The van der Waals surface area contributed by atoms with Crippen LogP contribution in [0.1, 0.15) is 0 Å². The van der Waals surface area contributed by atoms with Gasteiger partial charge in [0.05, 0.1) is 23.5 Å². The second-order valence-electron chi connectivity index (χ2n) is 2.68. The minimum atomic E-state index is 0.453. The number of nitrogens with one attached hydrogen (secondary N) is 2. The zero-order valence-electron chi connectivity index (χ0n) is 8.02. The van der Waals surface area contributed by atoms with E-state index in [2.05, 4.69) is 14.7 Å². The fourth-order valence-corrected chi connectivity index (χ4v) is 4.61. The molecule has 1 aromatic carbocycles. The molecule has 2 rings (SSSR count). The number of carbonyl (C=O) groups excluding carboxylic acids is 1. The van der Waals surface area contributed by atoms with E-state index in [0.717, 1.165) is 5.75 Å². The summed E-state index contributed by atoms with van der Waals surface area (Å²) >= 11 is 0. The van der Waals surface area contributed by atoms with Gasteiger partial charge in [-0.05, 0) is 24.3 Å². The zero-order chi connectivity index (χ0) is 11.2. The van der Waals surface area contributed by atoms with Gasteiger partial charge in [0, 0.05) is 8.88 Å². The van der Waals surface area contributed by atoms with Gasteiger partial charge in [-0.1, -0.05) is 4.60 Å². The van der Waals surface area contributed by atoms with Crippen LogP contribution in [0.4, 0.5) is 5.69 Å². The highest BCUT2D eigenvalue weighted by Gasteiger charge is 2.10. The summed E-state index contributed by atoms with van der Waals surface area (Å²) in [4.78, 5) is 25.5. The summed E-state index contributed by atoms with van der Waals surface area (Å²) in [6.45, 7) is 0. The summed E-state index contributed by atoms with van der Waals surface area (Å²) in [6.07, 6.45) is 1.49. The first-order valence-corrected chi connectivity index (χ1v) is 7.20. The van der Waals surface area contributed by atoms with Gasteiger partial charge in [-0.25, -0.2) is 4.79 Å². The molecule has 1 saturated heterocycles. The van der Waals surface area contributed by atoms with E-state index in [1.165, 1.54) is 6.08 Å². The van der Waals surface area contributed by atoms with E-state index < -0.39 is 0 Å². The van der Waals surface area contributed by atoms with Crippen molar-refractivity contribution in [2.75, 3.05) is 0 Å². The lowest BCUT2D eigenvalue weighted by atomic mass is 10.3. The molecule has 0 radical (unpaired) electrons. The van der Waals surface area contributed by atoms with E-state index in [1.807, 2.05) is 4.60 Å². The normalized spacial score (nSPS) is 21.0. The molecule has 6 nitrogen and oxygen atoms in total. The number of hydrogen-bond donors (Lipinski definition) is 2. The first-order valence-electron chi connectivity index (χ1n) is 4.31. The Balaban J connectivity index is 1.96. The van der Waals surface area contributed by atoms with Crippen molar-refractivity contribution >= 4 is 38.4 Å². The third-order valence-corrected chi connectivity index (χ3v) is 4.80. The van der Waals surface area contributed by atoms with Crippen molar-refractivity contribution in [2.24, 2.45) is 4.99 Å². The molecule has 9 heteroatoms. The van der Waals surface area contributed by atoms with Gasteiger partial charge in [0.25, 0.3) is 0 Å². The lowest BCUT2D eigenvalue weighted by Gasteiger charge is -2.26. The molecule has 0 spiro atoms. The van der Waals surface area contributed by atoms with E-state index in [9.17, 15) is 4.79 Å². The van der Waals surface area contributed by atoms with Gasteiger partial charge >= 0.3 is 0 Å². The van der Waals surface area contributed by atoms with Crippen LogP contribution < -0.4 is 14.6 Å². The molecular formula is C7H9N4O2P3. The molecule has 1 aliphatic heterocycles. The number of benzene rings is 1. The minimum Gasteiger partial charge on any atom is -0.397 e. The molecule has 2 unspecified atom stereocenters. The molecule has 2 N–H and O–H groups in total. The Kier molecular flexibility index (Phi) is 4.77. The van der Waals surface area contributed by atoms with Crippen LogP contribution in [0.25, 0.3) is 0 Å². The van der Waals surface area contributed by atoms with Crippen LogP contribution >= 0.6 is 26.6 Å². The smallest absolute Gasteiger partial charge is 0.240 e. The predicted molar refractivity (Wildman–Crippen MR) is 67.9 cm³/mol. The molecule has 1 fully saturated rings. The molecule has 16 heavy (non-hydrogen) atoms. The monoisotopic (exact) mass is 274 g/mol. The number of nitrogens with zero attached hydrogens (tertiary/aromatic N) is 2. The zero-order valence-corrected chi connectivity index (χ0v) is 11.0. The van der Waals surface area contributed by atoms with E-state index in [1.54, 1.807) is 24.3 Å². The average molecular weight is 274 g/mol. The Morgan fingerprint density at radius 2 is 1.94 bits per heavy atom. The van der Waals surface area contributed by atoms with Crippen LogP contribution in [-0.4, -0.2) is 10.7 Å². The van der Waals surface area contributed by atoms with Gasteiger partial charge in [0.2, 0.25) is 6.08 Å². The Morgan fingerprint density at radius 3 is 2.56 bits per heavy atom. The molecule has 1 heterocycles. The maximum atomic E-state index is 10.0. The lowest BCUT2D eigenvalue weighted by Crippen LogP contribution is -2.19. The standard InChI is InChI=1S/C7H9N4O2P3/c12-5-8-6-1-3-7(4-2-6)13-11-15-9-14-10-16-11/h1-4,9-10,14-16H. The molecule has 0 saturated carbocycles. The van der Waals surface area contributed by atoms with Crippen molar-refractivity contribution < 1.29 is 9.63 Å². The third-order valence-electron chi connectivity index (χ3n) is 1.65. The van der Waals surface area contributed by atoms with Gasteiger partial charge in [0.1, 0.15) is 5.75 Å². The van der Waals surface area contributed by atoms with Crippen molar-refractivity contribution in [1.82, 2.24) is 14.3 Å². The maximum absolute atomic E-state index is 10.0. The first kappa shape index (κ1) is 12.0. The van der Waals surface area contributed by atoms with Crippen molar-refractivity contribution in [3.05, 3.63) is 24.3 Å². The topological polar surface area (TPSA) is 66.0 Å². The molecule has 0 aromatic heterocycles. The summed E-state index contributed by atoms with van der Waals surface area (Å²) in [7, 11) is 1.50. The van der Waals surface area contributed by atoms with Gasteiger partial charge in [-0.15, -0.1) is 0 Å². The summed E-state index contributed by atoms with van der Waals surface area (Å²) in [5.41, 5.74) is 0.573. The Morgan fingerprint density at radius 1 is 1.25 bits per heavy atom. The Hall–Kier alpha value is -0.430. The number of aliphatic imine (C=N–C) groups is 1. The fraction of sp³-hybridized carbons (Fsp3) is 0. The molecule has 2 atom stereocenters. The van der Waals surface area contributed by atoms with Gasteiger partial charge in [0.15, 0.2) is 0 Å². The summed E-state index contributed by atoms with van der Waals surface area (Å²) in [5, 5.41) is 0. The van der Waals surface area contributed by atoms with Crippen LogP contribution in [0.3, 0.4) is 0 Å². The summed E-state index contributed by atoms with van der Waals surface area (Å²) < 4.78 is 1.81. The fourth-order valence-electron chi connectivity index (χ4n) is 1.00. The molecule has 0 aliphatic carbocycles. The minimum absolute atomic E-state index is 0.453. The molecule has 0 bridgehead atoms. The second-order valence-corrected chi connectivity index (χ2v) is 6.64. The van der Waals surface area contributed by atoms with E-state index in [-0.39, 0.29) is 0 Å². The van der Waals surface area contributed by atoms with Crippen LogP contribution in [0, 0.1) is 0 Å². The number of hydrogen-bond acceptors (Lipinski definition) is 6. The van der Waals surface area contributed by atoms with Gasteiger partial charge in [-0.2, -0.15) is 4.99 Å². The molecular weight excluding hydrogens is 265 g/mol. The quantitative estimate of drug-likeness (QED) is 0.501. The van der Waals surface area contributed by atoms with Crippen molar-refractivity contribution in [1.29, 1.82) is 0 Å². The van der Waals surface area contributed by atoms with Gasteiger partial charge < -0.3 is 4.84 Å². The van der Waals surface area contributed by atoms with E-state index >= 15 is 0 Å². The first-order chi connectivity index (χ1) is 7.88. The van der Waals surface area contributed by atoms with Crippen LogP contribution in [0.15, 0.2) is 29.3 Å². The predicted octanol–water partition coefficient (Wildman–Crippen LogP) is 1.97. The molecule has 1 aliphatic rings. The highest BCUT2D eigenvalue weighted by molar-refractivity contribution is 7.65. The summed E-state index contributed by atoms with van der Waals surface area (Å²) in [6, 6.07) is 6.95. The van der Waals surface area contributed by atoms with Gasteiger partial charge in [-0.3, -0.25) is 9.72 Å². The van der Waals surface area contributed by atoms with E-state index in [0.29, 0.717) is 32.3 Å². The Bertz CT molecular complexity index is 389. The Labute approximate surface area is 97.9 Å². The van der Waals surface area contributed by atoms with Crippen LogP contribution in [-0.2, 0) is 4.79 Å². The van der Waals surface area contributed by atoms with Crippen molar-refractivity contribution in [3.8, 4) is 5.75 Å². The maximum Gasteiger partial charge on any atom is 0.240 e. The lowest BCUT2D eigenvalue weighted by molar-refractivity contribution is 0.146. The van der Waals surface area contributed by atoms with Crippen LogP contribution in [0.5, 0.6) is 5.75 Å². The number of rotatable bonds is 3. The third kappa shape index (κ3) is 3.55. The molecule has 1 aromatic rings. The van der Waals surface area contributed by atoms with Crippen molar-refractivity contribution in [3.63, 3.8) is 0 Å². The average Bonchev–Trinajstić information content (AvgIpc) is 2.33. The largest absolute Gasteiger partial charge is 0.397 e. The van der Waals surface area contributed by atoms with Crippen molar-refractivity contribution in [2.45, 2.75) is 0 Å². The van der Waals surface area contributed by atoms with Crippen LogP contribution in [0.2, 0.25) is 0 Å². The molecule has 84 valence electrons.